The highest BCUT2D eigenvalue weighted by molar-refractivity contribution is 7.90. The van der Waals surface area contributed by atoms with Crippen LogP contribution in [0.1, 0.15) is 24.8 Å². The fourth-order valence-electron chi connectivity index (χ4n) is 5.09. The summed E-state index contributed by atoms with van der Waals surface area (Å²) in [5, 5.41) is 2.83. The molecule has 2 aromatic carbocycles. The summed E-state index contributed by atoms with van der Waals surface area (Å²) in [6.45, 7) is 2.10. The van der Waals surface area contributed by atoms with E-state index >= 15 is 0 Å². The van der Waals surface area contributed by atoms with E-state index in [-0.39, 0.29) is 0 Å². The molecular formula is C25H23N3O2S. The van der Waals surface area contributed by atoms with Gasteiger partial charge in [-0.25, -0.2) is 12.4 Å². The quantitative estimate of drug-likeness (QED) is 0.475. The first kappa shape index (κ1) is 18.8. The molecule has 1 saturated heterocycles. The van der Waals surface area contributed by atoms with Crippen molar-refractivity contribution in [2.24, 2.45) is 0 Å². The van der Waals surface area contributed by atoms with Crippen molar-refractivity contribution in [3.8, 4) is 0 Å². The molecule has 0 bridgehead atoms. The van der Waals surface area contributed by atoms with E-state index in [4.69, 9.17) is 0 Å². The Bertz CT molecular complexity index is 1450. The van der Waals surface area contributed by atoms with Crippen LogP contribution in [-0.4, -0.2) is 41.4 Å². The fourth-order valence-corrected chi connectivity index (χ4v) is 6.50. The smallest absolute Gasteiger partial charge is 0.268 e. The SMILES string of the molecule is O=S(=O)(c1ccc2ccccc2c1)n1cc(C2=CCN3CCCC3C2)c2cnccc21. The highest BCUT2D eigenvalue weighted by Crippen LogP contribution is 2.37. The third kappa shape index (κ3) is 3.01. The van der Waals surface area contributed by atoms with Crippen molar-refractivity contribution in [2.45, 2.75) is 30.2 Å². The number of nitrogens with zero attached hydrogens (tertiary/aromatic N) is 3. The van der Waals surface area contributed by atoms with Crippen LogP contribution in [0.2, 0.25) is 0 Å². The van der Waals surface area contributed by atoms with Crippen LogP contribution in [0.3, 0.4) is 0 Å². The van der Waals surface area contributed by atoms with Crippen molar-refractivity contribution in [1.29, 1.82) is 0 Å². The first-order valence-corrected chi connectivity index (χ1v) is 12.2. The molecule has 2 aliphatic heterocycles. The van der Waals surface area contributed by atoms with Crippen LogP contribution in [0.5, 0.6) is 0 Å². The van der Waals surface area contributed by atoms with Gasteiger partial charge in [-0.15, -0.1) is 0 Å². The lowest BCUT2D eigenvalue weighted by molar-refractivity contribution is 0.275. The van der Waals surface area contributed by atoms with E-state index < -0.39 is 10.0 Å². The normalized spacial score (nSPS) is 19.6. The maximum atomic E-state index is 13.7. The summed E-state index contributed by atoms with van der Waals surface area (Å²) in [6.07, 6.45) is 10.9. The largest absolute Gasteiger partial charge is 0.296 e. The van der Waals surface area contributed by atoms with Crippen LogP contribution >= 0.6 is 0 Å². The minimum Gasteiger partial charge on any atom is -0.296 e. The molecule has 0 spiro atoms. The number of aromatic nitrogens is 2. The molecule has 2 aliphatic rings. The maximum Gasteiger partial charge on any atom is 0.268 e. The zero-order valence-electron chi connectivity index (χ0n) is 17.1. The van der Waals surface area contributed by atoms with Crippen molar-refractivity contribution in [3.05, 3.63) is 78.8 Å². The molecule has 0 radical (unpaired) electrons. The van der Waals surface area contributed by atoms with Crippen molar-refractivity contribution in [3.63, 3.8) is 0 Å². The van der Waals surface area contributed by atoms with Gasteiger partial charge in [-0.05, 0) is 60.4 Å². The van der Waals surface area contributed by atoms with Gasteiger partial charge >= 0.3 is 0 Å². The van der Waals surface area contributed by atoms with Gasteiger partial charge in [0.25, 0.3) is 10.0 Å². The molecule has 1 unspecified atom stereocenters. The van der Waals surface area contributed by atoms with E-state index in [1.54, 1.807) is 36.8 Å². The number of benzene rings is 2. The van der Waals surface area contributed by atoms with Gasteiger partial charge in [0.15, 0.2) is 0 Å². The Labute approximate surface area is 181 Å². The lowest BCUT2D eigenvalue weighted by atomic mass is 9.94. The summed E-state index contributed by atoms with van der Waals surface area (Å²) in [5.74, 6) is 0. The van der Waals surface area contributed by atoms with Crippen molar-refractivity contribution >= 4 is 37.3 Å². The predicted octanol–water partition coefficient (Wildman–Crippen LogP) is 4.68. The topological polar surface area (TPSA) is 55.2 Å². The highest BCUT2D eigenvalue weighted by atomic mass is 32.2. The molecule has 31 heavy (non-hydrogen) atoms. The van der Waals surface area contributed by atoms with E-state index in [2.05, 4.69) is 16.0 Å². The van der Waals surface area contributed by atoms with Gasteiger partial charge in [0.1, 0.15) is 0 Å². The molecule has 0 amide bonds. The van der Waals surface area contributed by atoms with Gasteiger partial charge < -0.3 is 0 Å². The van der Waals surface area contributed by atoms with Crippen molar-refractivity contribution in [1.82, 2.24) is 13.9 Å². The van der Waals surface area contributed by atoms with Crippen LogP contribution in [0.25, 0.3) is 27.2 Å². The van der Waals surface area contributed by atoms with E-state index in [0.29, 0.717) is 16.5 Å². The first-order valence-electron chi connectivity index (χ1n) is 10.7. The molecule has 2 aromatic heterocycles. The van der Waals surface area contributed by atoms with Crippen LogP contribution < -0.4 is 0 Å². The molecule has 0 saturated carbocycles. The molecule has 156 valence electrons. The summed E-state index contributed by atoms with van der Waals surface area (Å²) in [4.78, 5) is 7.12. The molecule has 4 aromatic rings. The Hall–Kier alpha value is -2.96. The summed E-state index contributed by atoms with van der Waals surface area (Å²) in [6, 6.07) is 15.5. The molecule has 0 aliphatic carbocycles. The molecule has 4 heterocycles. The molecule has 6 heteroatoms. The Morgan fingerprint density at radius 3 is 2.81 bits per heavy atom. The van der Waals surface area contributed by atoms with Gasteiger partial charge in [0.05, 0.1) is 10.4 Å². The number of hydrogen-bond acceptors (Lipinski definition) is 4. The third-order valence-corrected chi connectivity index (χ3v) is 8.39. The molecule has 1 atom stereocenters. The van der Waals surface area contributed by atoms with Gasteiger partial charge in [0, 0.05) is 42.1 Å². The molecular weight excluding hydrogens is 406 g/mol. The second-order valence-corrected chi connectivity index (χ2v) is 10.3. The third-order valence-electron chi connectivity index (χ3n) is 6.72. The minimum atomic E-state index is -3.74. The number of pyridine rings is 1. The molecule has 0 N–H and O–H groups in total. The minimum absolute atomic E-state index is 0.297. The lowest BCUT2D eigenvalue weighted by Gasteiger charge is -2.29. The monoisotopic (exact) mass is 429 g/mol. The van der Waals surface area contributed by atoms with Gasteiger partial charge in [-0.3, -0.25) is 9.88 Å². The Kier molecular flexibility index (Phi) is 4.26. The van der Waals surface area contributed by atoms with E-state index in [1.807, 2.05) is 30.3 Å². The fraction of sp³-hybridized carbons (Fsp3) is 0.240. The maximum absolute atomic E-state index is 13.7. The first-order chi connectivity index (χ1) is 15.1. The van der Waals surface area contributed by atoms with Crippen molar-refractivity contribution in [2.75, 3.05) is 13.1 Å². The number of rotatable bonds is 3. The van der Waals surface area contributed by atoms with Gasteiger partial charge in [0.2, 0.25) is 0 Å². The average molecular weight is 430 g/mol. The molecule has 1 fully saturated rings. The number of fused-ring (bicyclic) bond motifs is 3. The van der Waals surface area contributed by atoms with Crippen LogP contribution in [0.15, 0.2) is 78.1 Å². The summed E-state index contributed by atoms with van der Waals surface area (Å²) in [5.41, 5.74) is 2.89. The van der Waals surface area contributed by atoms with Crippen LogP contribution in [-0.2, 0) is 10.0 Å². The summed E-state index contributed by atoms with van der Waals surface area (Å²) >= 11 is 0. The van der Waals surface area contributed by atoms with Crippen LogP contribution in [0.4, 0.5) is 0 Å². The molecule has 5 nitrogen and oxygen atoms in total. The predicted molar refractivity (Wildman–Crippen MR) is 123 cm³/mol. The van der Waals surface area contributed by atoms with E-state index in [1.165, 1.54) is 22.4 Å². The van der Waals surface area contributed by atoms with Crippen LogP contribution in [0, 0.1) is 0 Å². The standard InChI is InChI=1S/C25H23N3O2S/c29-31(30,22-8-7-18-4-1-2-5-19(18)15-22)28-17-24(23-16-26-11-9-25(23)28)20-10-13-27-12-3-6-21(27)14-20/h1-2,4-5,7-11,15-17,21H,3,6,12-14H2. The Morgan fingerprint density at radius 1 is 1.03 bits per heavy atom. The van der Waals surface area contributed by atoms with E-state index in [9.17, 15) is 8.42 Å². The second-order valence-electron chi connectivity index (χ2n) is 8.47. The van der Waals surface area contributed by atoms with Gasteiger partial charge in [-0.1, -0.05) is 36.4 Å². The second kappa shape index (κ2) is 7.04. The Morgan fingerprint density at radius 2 is 1.90 bits per heavy atom. The lowest BCUT2D eigenvalue weighted by Crippen LogP contribution is -2.32. The zero-order valence-corrected chi connectivity index (χ0v) is 17.9. The highest BCUT2D eigenvalue weighted by Gasteiger charge is 2.30. The zero-order chi connectivity index (χ0) is 21.0. The van der Waals surface area contributed by atoms with E-state index in [0.717, 1.165) is 41.2 Å². The molecule has 6 rings (SSSR count). The van der Waals surface area contributed by atoms with Gasteiger partial charge in [-0.2, -0.15) is 0 Å². The summed E-state index contributed by atoms with van der Waals surface area (Å²) < 4.78 is 28.8. The van der Waals surface area contributed by atoms with Crippen molar-refractivity contribution < 1.29 is 8.42 Å². The average Bonchev–Trinajstić information content (AvgIpc) is 3.43. The summed E-state index contributed by atoms with van der Waals surface area (Å²) in [7, 11) is -3.74. The Balaban J connectivity index is 1.50. The number of hydrogen-bond donors (Lipinski definition) is 0.